The van der Waals surface area contributed by atoms with Gasteiger partial charge in [0.05, 0.1) is 12.6 Å². The number of piperidine rings is 1. The molecule has 1 atom stereocenters. The molecule has 1 aromatic rings. The van der Waals surface area contributed by atoms with Crippen LogP contribution in [0.2, 0.25) is 0 Å². The van der Waals surface area contributed by atoms with Crippen molar-refractivity contribution in [2.45, 2.75) is 57.5 Å². The summed E-state index contributed by atoms with van der Waals surface area (Å²) in [4.78, 5) is 31.3. The minimum absolute atomic E-state index is 0.104. The molecule has 2 aliphatic rings. The molecule has 1 aromatic carbocycles. The van der Waals surface area contributed by atoms with Gasteiger partial charge < -0.3 is 14.7 Å². The molecular formula is C22H33N3O2. The Bertz CT molecular complexity index is 641. The molecule has 0 bridgehead atoms. The van der Waals surface area contributed by atoms with E-state index in [1.165, 1.54) is 11.1 Å². The lowest BCUT2D eigenvalue weighted by Gasteiger charge is -2.37. The third-order valence-corrected chi connectivity index (χ3v) is 5.68. The average molecular weight is 372 g/mol. The van der Waals surface area contributed by atoms with Crippen molar-refractivity contribution in [1.29, 1.82) is 0 Å². The molecule has 5 nitrogen and oxygen atoms in total. The van der Waals surface area contributed by atoms with Gasteiger partial charge in [-0.25, -0.2) is 0 Å². The Balaban J connectivity index is 1.68. The van der Waals surface area contributed by atoms with Gasteiger partial charge in [0.2, 0.25) is 11.8 Å². The highest BCUT2D eigenvalue weighted by Gasteiger charge is 2.30. The van der Waals surface area contributed by atoms with Gasteiger partial charge in [0.15, 0.2) is 0 Å². The number of hydrogen-bond donors (Lipinski definition) is 0. The third-order valence-electron chi connectivity index (χ3n) is 5.68. The molecule has 3 rings (SSSR count). The topological polar surface area (TPSA) is 43.9 Å². The van der Waals surface area contributed by atoms with E-state index >= 15 is 0 Å². The second kappa shape index (κ2) is 9.36. The molecule has 2 aliphatic heterocycles. The van der Waals surface area contributed by atoms with Crippen molar-refractivity contribution in [2.75, 3.05) is 33.7 Å². The predicted molar refractivity (Wildman–Crippen MR) is 107 cm³/mol. The molecule has 2 saturated heterocycles. The number of carbonyl (C=O) groups excluding carboxylic acids is 2. The van der Waals surface area contributed by atoms with Gasteiger partial charge in [-0.05, 0) is 57.3 Å². The van der Waals surface area contributed by atoms with Gasteiger partial charge in [-0.3, -0.25) is 9.59 Å². The Morgan fingerprint density at radius 1 is 1.04 bits per heavy atom. The summed E-state index contributed by atoms with van der Waals surface area (Å²) in [5, 5.41) is 0. The minimum Gasteiger partial charge on any atom is -0.334 e. The molecule has 0 aromatic heterocycles. The van der Waals surface area contributed by atoms with Crippen LogP contribution < -0.4 is 0 Å². The van der Waals surface area contributed by atoms with Gasteiger partial charge in [0, 0.05) is 26.1 Å². The number of benzene rings is 1. The highest BCUT2D eigenvalue weighted by Crippen LogP contribution is 2.31. The maximum Gasteiger partial charge on any atom is 0.242 e. The number of rotatable bonds is 5. The summed E-state index contributed by atoms with van der Waals surface area (Å²) in [6.07, 6.45) is 6.84. The van der Waals surface area contributed by atoms with Gasteiger partial charge in [0.1, 0.15) is 0 Å². The Hall–Kier alpha value is -1.88. The van der Waals surface area contributed by atoms with E-state index < -0.39 is 0 Å². The van der Waals surface area contributed by atoms with Crippen LogP contribution in [-0.4, -0.2) is 60.2 Å². The van der Waals surface area contributed by atoms with Crippen molar-refractivity contribution in [3.05, 3.63) is 35.4 Å². The first-order chi connectivity index (χ1) is 13.0. The summed E-state index contributed by atoms with van der Waals surface area (Å²) in [6, 6.07) is 8.83. The fourth-order valence-electron chi connectivity index (χ4n) is 4.25. The summed E-state index contributed by atoms with van der Waals surface area (Å²) in [5.41, 5.74) is 2.50. The Labute approximate surface area is 163 Å². The van der Waals surface area contributed by atoms with E-state index in [0.717, 1.165) is 58.2 Å². The van der Waals surface area contributed by atoms with Crippen LogP contribution in [-0.2, 0) is 16.1 Å². The van der Waals surface area contributed by atoms with E-state index in [-0.39, 0.29) is 24.4 Å². The SMILES string of the molecule is CN(C)Cc1ccc(C2CCCCN2C(=O)CN2CCCCCC2=O)cc1. The van der Waals surface area contributed by atoms with E-state index in [1.54, 1.807) is 4.90 Å². The highest BCUT2D eigenvalue weighted by molar-refractivity contribution is 5.85. The molecule has 27 heavy (non-hydrogen) atoms. The van der Waals surface area contributed by atoms with Gasteiger partial charge in [-0.1, -0.05) is 30.7 Å². The lowest BCUT2D eigenvalue weighted by atomic mass is 9.94. The molecule has 0 aliphatic carbocycles. The number of amides is 2. The summed E-state index contributed by atoms with van der Waals surface area (Å²) in [7, 11) is 4.14. The lowest BCUT2D eigenvalue weighted by molar-refractivity contribution is -0.142. The summed E-state index contributed by atoms with van der Waals surface area (Å²) in [6.45, 7) is 2.69. The third kappa shape index (κ3) is 5.32. The second-order valence-corrected chi connectivity index (χ2v) is 8.20. The maximum absolute atomic E-state index is 13.0. The Morgan fingerprint density at radius 2 is 1.78 bits per heavy atom. The van der Waals surface area contributed by atoms with Crippen molar-refractivity contribution < 1.29 is 9.59 Å². The fourth-order valence-corrected chi connectivity index (χ4v) is 4.25. The fraction of sp³-hybridized carbons (Fsp3) is 0.636. The zero-order valence-corrected chi connectivity index (χ0v) is 16.8. The smallest absolute Gasteiger partial charge is 0.242 e. The maximum atomic E-state index is 13.0. The van der Waals surface area contributed by atoms with Crippen LogP contribution in [0.5, 0.6) is 0 Å². The van der Waals surface area contributed by atoms with E-state index in [1.807, 2.05) is 4.90 Å². The van der Waals surface area contributed by atoms with Crippen LogP contribution in [0.4, 0.5) is 0 Å². The average Bonchev–Trinajstić information content (AvgIpc) is 2.86. The molecule has 1 unspecified atom stereocenters. The molecule has 2 fully saturated rings. The lowest BCUT2D eigenvalue weighted by Crippen LogP contribution is -2.45. The molecule has 0 radical (unpaired) electrons. The molecule has 5 heteroatoms. The summed E-state index contributed by atoms with van der Waals surface area (Å²) < 4.78 is 0. The van der Waals surface area contributed by atoms with Crippen LogP contribution in [0.1, 0.15) is 62.1 Å². The molecule has 0 spiro atoms. The molecule has 2 heterocycles. The van der Waals surface area contributed by atoms with Crippen LogP contribution in [0.3, 0.4) is 0 Å². The number of hydrogen-bond acceptors (Lipinski definition) is 3. The molecule has 0 saturated carbocycles. The second-order valence-electron chi connectivity index (χ2n) is 8.20. The van der Waals surface area contributed by atoms with Gasteiger partial charge in [-0.15, -0.1) is 0 Å². The predicted octanol–water partition coefficient (Wildman–Crippen LogP) is 3.20. The normalized spacial score (nSPS) is 21.4. The number of nitrogens with zero attached hydrogens (tertiary/aromatic N) is 3. The quantitative estimate of drug-likeness (QED) is 0.798. The summed E-state index contributed by atoms with van der Waals surface area (Å²) in [5.74, 6) is 0.245. The van der Waals surface area contributed by atoms with E-state index in [4.69, 9.17) is 0 Å². The van der Waals surface area contributed by atoms with Crippen molar-refractivity contribution >= 4 is 11.8 Å². The van der Waals surface area contributed by atoms with Crippen LogP contribution in [0, 0.1) is 0 Å². The van der Waals surface area contributed by atoms with Gasteiger partial charge >= 0.3 is 0 Å². The molecule has 0 N–H and O–H groups in total. The van der Waals surface area contributed by atoms with E-state index in [0.29, 0.717) is 6.42 Å². The van der Waals surface area contributed by atoms with Gasteiger partial charge in [0.25, 0.3) is 0 Å². The zero-order valence-electron chi connectivity index (χ0n) is 16.8. The van der Waals surface area contributed by atoms with Crippen molar-refractivity contribution in [3.8, 4) is 0 Å². The van der Waals surface area contributed by atoms with Gasteiger partial charge in [-0.2, -0.15) is 0 Å². The van der Waals surface area contributed by atoms with E-state index in [9.17, 15) is 9.59 Å². The van der Waals surface area contributed by atoms with E-state index in [2.05, 4.69) is 43.3 Å². The molecular weight excluding hydrogens is 338 g/mol. The monoisotopic (exact) mass is 371 g/mol. The first-order valence-electron chi connectivity index (χ1n) is 10.4. The van der Waals surface area contributed by atoms with Crippen molar-refractivity contribution in [1.82, 2.24) is 14.7 Å². The molecule has 2 amide bonds. The first kappa shape index (κ1) is 19.9. The van der Waals surface area contributed by atoms with Crippen molar-refractivity contribution in [2.24, 2.45) is 0 Å². The van der Waals surface area contributed by atoms with Crippen LogP contribution in [0.25, 0.3) is 0 Å². The largest absolute Gasteiger partial charge is 0.334 e. The highest BCUT2D eigenvalue weighted by atomic mass is 16.2. The molecule has 148 valence electrons. The van der Waals surface area contributed by atoms with Crippen LogP contribution >= 0.6 is 0 Å². The Morgan fingerprint density at radius 3 is 2.52 bits per heavy atom. The Kier molecular flexibility index (Phi) is 6.89. The standard InChI is InChI=1S/C22H33N3O2/c1-23(2)16-18-10-12-19(13-11-18)20-8-5-7-15-25(20)22(27)17-24-14-6-3-4-9-21(24)26/h10-13,20H,3-9,14-17H2,1-2H3. The summed E-state index contributed by atoms with van der Waals surface area (Å²) >= 11 is 0. The number of likely N-dealkylation sites (tertiary alicyclic amines) is 2. The number of carbonyl (C=O) groups is 2. The van der Waals surface area contributed by atoms with Crippen LogP contribution in [0.15, 0.2) is 24.3 Å². The first-order valence-corrected chi connectivity index (χ1v) is 10.4. The van der Waals surface area contributed by atoms with Crippen molar-refractivity contribution in [3.63, 3.8) is 0 Å². The minimum atomic E-state index is 0.104. The zero-order chi connectivity index (χ0) is 19.2.